The van der Waals surface area contributed by atoms with Gasteiger partial charge < -0.3 is 9.80 Å². The molecule has 1 spiro atoms. The summed E-state index contributed by atoms with van der Waals surface area (Å²) < 4.78 is 1.70. The molecule has 0 saturated carbocycles. The molecule has 2 saturated heterocycles. The van der Waals surface area contributed by atoms with E-state index in [4.69, 9.17) is 0 Å². The summed E-state index contributed by atoms with van der Waals surface area (Å²) in [5.41, 5.74) is 1.38. The van der Waals surface area contributed by atoms with E-state index in [1.807, 2.05) is 43.4 Å². The summed E-state index contributed by atoms with van der Waals surface area (Å²) in [5.74, 6) is 0.151. The third kappa shape index (κ3) is 3.32. The number of nitrogens with zero attached hydrogens (tertiary/aromatic N) is 6. The predicted molar refractivity (Wildman–Crippen MR) is 100 cm³/mol. The van der Waals surface area contributed by atoms with E-state index in [1.54, 1.807) is 22.0 Å². The van der Waals surface area contributed by atoms with Gasteiger partial charge in [0.2, 0.25) is 11.8 Å². The largest absolute Gasteiger partial charge is 0.340 e. The number of anilines is 1. The van der Waals surface area contributed by atoms with Crippen LogP contribution in [0.2, 0.25) is 0 Å². The summed E-state index contributed by atoms with van der Waals surface area (Å²) in [6, 6.07) is 5.62. The molecular weight excluding hydrogens is 344 g/mol. The highest BCUT2D eigenvalue weighted by Crippen LogP contribution is 2.33. The van der Waals surface area contributed by atoms with Gasteiger partial charge >= 0.3 is 0 Å². The standard InChI is InChI=1S/C19H24N6O2/c1-22-12-18(27)25(16-10-21-23(2)11-16)14-19(22)6-8-24(13-19)17(26)9-15-5-3-4-7-20-15/h3-5,7,10-11H,6,8-9,12-14H2,1-2H3/t19-/m0/s1. The number of pyridine rings is 1. The Hall–Kier alpha value is -2.74. The van der Waals surface area contributed by atoms with E-state index in [2.05, 4.69) is 15.0 Å². The third-order valence-corrected chi connectivity index (χ3v) is 5.68. The molecule has 4 heterocycles. The number of carbonyl (C=O) groups excluding carboxylic acids is 2. The minimum Gasteiger partial charge on any atom is -0.340 e. The van der Waals surface area contributed by atoms with Crippen LogP contribution in [0.3, 0.4) is 0 Å². The monoisotopic (exact) mass is 368 g/mol. The second-order valence-electron chi connectivity index (χ2n) is 7.50. The number of aromatic nitrogens is 3. The summed E-state index contributed by atoms with van der Waals surface area (Å²) in [5, 5.41) is 4.19. The normalized spacial score (nSPS) is 23.4. The van der Waals surface area contributed by atoms with Crippen LogP contribution in [0.25, 0.3) is 0 Å². The van der Waals surface area contributed by atoms with Crippen molar-refractivity contribution in [1.29, 1.82) is 0 Å². The predicted octanol–water partition coefficient (Wildman–Crippen LogP) is 0.307. The average Bonchev–Trinajstić information content (AvgIpc) is 3.27. The number of amides is 2. The Kier molecular flexibility index (Phi) is 4.43. The number of likely N-dealkylation sites (tertiary alicyclic amines) is 1. The number of hydrogen-bond donors (Lipinski definition) is 0. The van der Waals surface area contributed by atoms with Gasteiger partial charge in [-0.15, -0.1) is 0 Å². The van der Waals surface area contributed by atoms with E-state index in [-0.39, 0.29) is 17.4 Å². The lowest BCUT2D eigenvalue weighted by atomic mass is 9.93. The Bertz CT molecular complexity index is 851. The van der Waals surface area contributed by atoms with E-state index in [0.29, 0.717) is 32.6 Å². The van der Waals surface area contributed by atoms with Gasteiger partial charge in [0.25, 0.3) is 0 Å². The van der Waals surface area contributed by atoms with Crippen LogP contribution in [-0.2, 0) is 23.1 Å². The number of hydrogen-bond acceptors (Lipinski definition) is 5. The number of piperazine rings is 1. The molecule has 0 radical (unpaired) electrons. The molecule has 4 rings (SSSR count). The Labute approximate surface area is 158 Å². The fourth-order valence-electron chi connectivity index (χ4n) is 4.02. The van der Waals surface area contributed by atoms with Crippen molar-refractivity contribution in [3.8, 4) is 0 Å². The van der Waals surface area contributed by atoms with Gasteiger partial charge in [-0.1, -0.05) is 6.07 Å². The average molecular weight is 368 g/mol. The number of likely N-dealkylation sites (N-methyl/N-ethyl adjacent to an activating group) is 1. The van der Waals surface area contributed by atoms with Crippen LogP contribution in [0.1, 0.15) is 12.1 Å². The Morgan fingerprint density at radius 1 is 1.26 bits per heavy atom. The molecule has 0 unspecified atom stereocenters. The third-order valence-electron chi connectivity index (χ3n) is 5.68. The van der Waals surface area contributed by atoms with Gasteiger partial charge in [-0.2, -0.15) is 5.10 Å². The highest BCUT2D eigenvalue weighted by Gasteiger charge is 2.48. The molecule has 2 aliphatic rings. The molecule has 1 atom stereocenters. The molecule has 2 fully saturated rings. The quantitative estimate of drug-likeness (QED) is 0.779. The molecule has 142 valence electrons. The van der Waals surface area contributed by atoms with Crippen LogP contribution in [0.5, 0.6) is 0 Å². The van der Waals surface area contributed by atoms with Crippen molar-refractivity contribution >= 4 is 17.5 Å². The van der Waals surface area contributed by atoms with E-state index in [1.165, 1.54) is 0 Å². The zero-order valence-corrected chi connectivity index (χ0v) is 15.7. The second kappa shape index (κ2) is 6.77. The lowest BCUT2D eigenvalue weighted by molar-refractivity contribution is -0.130. The fraction of sp³-hybridized carbons (Fsp3) is 0.474. The molecule has 0 N–H and O–H groups in total. The molecule has 2 aromatic rings. The number of aryl methyl sites for hydroxylation is 1. The van der Waals surface area contributed by atoms with Crippen LogP contribution < -0.4 is 4.90 Å². The van der Waals surface area contributed by atoms with Crippen LogP contribution in [0.15, 0.2) is 36.8 Å². The van der Waals surface area contributed by atoms with Crippen LogP contribution in [-0.4, -0.2) is 75.1 Å². The molecule has 27 heavy (non-hydrogen) atoms. The molecule has 0 bridgehead atoms. The number of carbonyl (C=O) groups is 2. The molecule has 2 aromatic heterocycles. The Morgan fingerprint density at radius 2 is 2.11 bits per heavy atom. The lowest BCUT2D eigenvalue weighted by Crippen LogP contribution is -2.64. The Balaban J connectivity index is 1.49. The zero-order valence-electron chi connectivity index (χ0n) is 15.7. The van der Waals surface area contributed by atoms with E-state index >= 15 is 0 Å². The van der Waals surface area contributed by atoms with Crippen molar-refractivity contribution in [3.05, 3.63) is 42.5 Å². The topological polar surface area (TPSA) is 74.6 Å². The maximum Gasteiger partial charge on any atom is 0.241 e. The summed E-state index contributed by atoms with van der Waals surface area (Å²) in [7, 11) is 3.82. The van der Waals surface area contributed by atoms with Crippen molar-refractivity contribution in [1.82, 2.24) is 24.6 Å². The zero-order chi connectivity index (χ0) is 19.0. The maximum atomic E-state index is 12.7. The van der Waals surface area contributed by atoms with E-state index in [9.17, 15) is 9.59 Å². The minimum atomic E-state index is -0.219. The van der Waals surface area contributed by atoms with Crippen LogP contribution in [0.4, 0.5) is 5.69 Å². The van der Waals surface area contributed by atoms with E-state index < -0.39 is 0 Å². The molecule has 0 aromatic carbocycles. The van der Waals surface area contributed by atoms with Gasteiger partial charge in [0.05, 0.1) is 30.4 Å². The summed E-state index contributed by atoms with van der Waals surface area (Å²) >= 11 is 0. The molecule has 8 nitrogen and oxygen atoms in total. The highest BCUT2D eigenvalue weighted by molar-refractivity contribution is 5.95. The van der Waals surface area contributed by atoms with Gasteiger partial charge in [0.15, 0.2) is 0 Å². The molecule has 2 aliphatic heterocycles. The van der Waals surface area contributed by atoms with Gasteiger partial charge in [0, 0.05) is 44.8 Å². The van der Waals surface area contributed by atoms with Gasteiger partial charge in [-0.25, -0.2) is 0 Å². The molecule has 8 heteroatoms. The minimum absolute atomic E-state index is 0.0642. The maximum absolute atomic E-state index is 12.7. The van der Waals surface area contributed by atoms with Crippen molar-refractivity contribution < 1.29 is 9.59 Å². The van der Waals surface area contributed by atoms with Crippen molar-refractivity contribution in [2.24, 2.45) is 7.05 Å². The Morgan fingerprint density at radius 3 is 2.81 bits per heavy atom. The smallest absolute Gasteiger partial charge is 0.241 e. The SMILES string of the molecule is CN1CC(=O)N(c2cnn(C)c2)C[C@@]12CCN(C(=O)Cc1ccccn1)C2. The first-order valence-corrected chi connectivity index (χ1v) is 9.15. The first-order chi connectivity index (χ1) is 13.0. The molecular formula is C19H24N6O2. The van der Waals surface area contributed by atoms with Crippen molar-refractivity contribution in [2.45, 2.75) is 18.4 Å². The van der Waals surface area contributed by atoms with E-state index in [0.717, 1.165) is 17.8 Å². The van der Waals surface area contributed by atoms with Gasteiger partial charge in [-0.05, 0) is 25.6 Å². The summed E-state index contributed by atoms with van der Waals surface area (Å²) in [6.07, 6.45) is 6.44. The molecule has 0 aliphatic carbocycles. The second-order valence-corrected chi connectivity index (χ2v) is 7.50. The molecule has 2 amide bonds. The summed E-state index contributed by atoms with van der Waals surface area (Å²) in [6.45, 7) is 2.24. The first-order valence-electron chi connectivity index (χ1n) is 9.15. The van der Waals surface area contributed by atoms with Crippen LogP contribution >= 0.6 is 0 Å². The van der Waals surface area contributed by atoms with Gasteiger partial charge in [0.1, 0.15) is 0 Å². The van der Waals surface area contributed by atoms with Gasteiger partial charge in [-0.3, -0.25) is 24.2 Å². The highest BCUT2D eigenvalue weighted by atomic mass is 16.2. The summed E-state index contributed by atoms with van der Waals surface area (Å²) in [4.78, 5) is 35.4. The lowest BCUT2D eigenvalue weighted by Gasteiger charge is -2.46. The van der Waals surface area contributed by atoms with Crippen LogP contribution in [0, 0.1) is 0 Å². The number of rotatable bonds is 3. The van der Waals surface area contributed by atoms with Crippen molar-refractivity contribution in [3.63, 3.8) is 0 Å². The van der Waals surface area contributed by atoms with Crippen molar-refractivity contribution in [2.75, 3.05) is 38.1 Å². The fourth-order valence-corrected chi connectivity index (χ4v) is 4.02. The first kappa shape index (κ1) is 17.7.